The summed E-state index contributed by atoms with van der Waals surface area (Å²) in [5.74, 6) is 0.811. The highest BCUT2D eigenvalue weighted by atomic mass is 15.0. The van der Waals surface area contributed by atoms with E-state index in [1.54, 1.807) is 6.20 Å². The zero-order valence-corrected chi connectivity index (χ0v) is 13.5. The molecule has 1 aliphatic heterocycles. The Labute approximate surface area is 144 Å². The Morgan fingerprint density at radius 1 is 1.00 bits per heavy atom. The third-order valence-electron chi connectivity index (χ3n) is 4.46. The van der Waals surface area contributed by atoms with Gasteiger partial charge in [-0.05, 0) is 42.3 Å². The second-order valence-electron chi connectivity index (χ2n) is 6.05. The Hall–Kier alpha value is -3.34. The van der Waals surface area contributed by atoms with Crippen LogP contribution >= 0.6 is 0 Å². The van der Waals surface area contributed by atoms with E-state index >= 15 is 0 Å². The van der Waals surface area contributed by atoms with Gasteiger partial charge in [-0.25, -0.2) is 4.98 Å². The molecule has 3 aromatic heterocycles. The van der Waals surface area contributed by atoms with Crippen LogP contribution in [-0.4, -0.2) is 32.2 Å². The first-order valence-electron chi connectivity index (χ1n) is 8.28. The molecule has 0 fully saturated rings. The predicted molar refractivity (Wildman–Crippen MR) is 97.8 cm³/mol. The number of aliphatic imine (C=N–C) groups is 1. The van der Waals surface area contributed by atoms with Crippen LogP contribution in [0.5, 0.6) is 0 Å². The molecule has 0 saturated carbocycles. The van der Waals surface area contributed by atoms with E-state index in [9.17, 15) is 0 Å². The van der Waals surface area contributed by atoms with Crippen molar-refractivity contribution in [2.75, 3.05) is 6.54 Å². The maximum atomic E-state index is 4.75. The molecule has 0 aliphatic carbocycles. The molecular weight excluding hydrogens is 310 g/mol. The third kappa shape index (κ3) is 2.41. The van der Waals surface area contributed by atoms with Gasteiger partial charge in [0.2, 0.25) is 0 Å². The maximum absolute atomic E-state index is 4.75. The quantitative estimate of drug-likeness (QED) is 0.614. The molecule has 120 valence electrons. The lowest BCUT2D eigenvalue weighted by Crippen LogP contribution is -2.16. The minimum absolute atomic E-state index is 0.757. The number of aromatic amines is 1. The van der Waals surface area contributed by atoms with Crippen LogP contribution in [0.25, 0.3) is 22.3 Å². The number of rotatable bonds is 2. The fourth-order valence-corrected chi connectivity index (χ4v) is 3.22. The number of hydrogen-bond donors (Lipinski definition) is 1. The van der Waals surface area contributed by atoms with Crippen molar-refractivity contribution >= 4 is 16.7 Å². The molecule has 0 radical (unpaired) electrons. The van der Waals surface area contributed by atoms with Gasteiger partial charge in [-0.2, -0.15) is 0 Å². The summed E-state index contributed by atoms with van der Waals surface area (Å²) in [5.41, 5.74) is 7.09. The first kappa shape index (κ1) is 14.0. The number of hydrogen-bond acceptors (Lipinski definition) is 4. The van der Waals surface area contributed by atoms with Crippen LogP contribution in [0.1, 0.15) is 17.0 Å². The number of aromatic nitrogens is 4. The molecule has 0 unspecified atom stereocenters. The van der Waals surface area contributed by atoms with E-state index < -0.39 is 0 Å². The highest BCUT2D eigenvalue weighted by Gasteiger charge is 2.20. The number of benzene rings is 1. The number of para-hydroxylation sites is 2. The first-order chi connectivity index (χ1) is 12.4. The van der Waals surface area contributed by atoms with Crippen LogP contribution in [0.15, 0.2) is 66.0 Å². The molecule has 0 spiro atoms. The zero-order chi connectivity index (χ0) is 16.6. The van der Waals surface area contributed by atoms with Gasteiger partial charge in [0, 0.05) is 36.3 Å². The van der Waals surface area contributed by atoms with Gasteiger partial charge in [-0.1, -0.05) is 12.1 Å². The van der Waals surface area contributed by atoms with Crippen molar-refractivity contribution in [1.82, 2.24) is 19.9 Å². The minimum atomic E-state index is 0.757. The highest BCUT2D eigenvalue weighted by Crippen LogP contribution is 2.25. The molecule has 5 heteroatoms. The van der Waals surface area contributed by atoms with Gasteiger partial charge in [-0.3, -0.25) is 15.0 Å². The fourth-order valence-electron chi connectivity index (χ4n) is 3.22. The second-order valence-corrected chi connectivity index (χ2v) is 6.05. The summed E-state index contributed by atoms with van der Waals surface area (Å²) in [6.45, 7) is 0.757. The van der Waals surface area contributed by atoms with Gasteiger partial charge in [-0.15, -0.1) is 0 Å². The van der Waals surface area contributed by atoms with Gasteiger partial charge in [0.05, 0.1) is 16.7 Å². The Morgan fingerprint density at radius 3 is 2.84 bits per heavy atom. The van der Waals surface area contributed by atoms with E-state index in [4.69, 9.17) is 9.98 Å². The number of pyridine rings is 2. The largest absolute Gasteiger partial charge is 0.337 e. The molecular formula is C20H15N5. The SMILES string of the molecule is c1cncc(-c2cc3c(cn2)CCN=C3c2nc3ccccc3[nH]2)c1. The van der Waals surface area contributed by atoms with E-state index in [1.807, 2.05) is 48.8 Å². The van der Waals surface area contributed by atoms with Crippen molar-refractivity contribution in [3.63, 3.8) is 0 Å². The number of nitrogens with one attached hydrogen (secondary N) is 1. The molecule has 5 rings (SSSR count). The molecule has 1 aromatic carbocycles. The average Bonchev–Trinajstić information content (AvgIpc) is 3.12. The van der Waals surface area contributed by atoms with Gasteiger partial charge in [0.15, 0.2) is 5.82 Å². The van der Waals surface area contributed by atoms with Gasteiger partial charge >= 0.3 is 0 Å². The van der Waals surface area contributed by atoms with Crippen molar-refractivity contribution < 1.29 is 0 Å². The Morgan fingerprint density at radius 2 is 1.96 bits per heavy atom. The number of H-pyrrole nitrogens is 1. The van der Waals surface area contributed by atoms with Crippen LogP contribution in [0.2, 0.25) is 0 Å². The summed E-state index contributed by atoms with van der Waals surface area (Å²) in [5, 5.41) is 0. The monoisotopic (exact) mass is 325 g/mol. The molecule has 25 heavy (non-hydrogen) atoms. The number of imidazole rings is 1. The maximum Gasteiger partial charge on any atom is 0.157 e. The van der Waals surface area contributed by atoms with E-state index in [2.05, 4.69) is 21.0 Å². The molecule has 0 saturated heterocycles. The van der Waals surface area contributed by atoms with Gasteiger partial charge in [0.25, 0.3) is 0 Å². The van der Waals surface area contributed by atoms with Gasteiger partial charge in [0.1, 0.15) is 5.71 Å². The lowest BCUT2D eigenvalue weighted by molar-refractivity contribution is 0.930. The van der Waals surface area contributed by atoms with Crippen LogP contribution in [0.3, 0.4) is 0 Å². The van der Waals surface area contributed by atoms with E-state index in [1.165, 1.54) is 5.56 Å². The summed E-state index contributed by atoms with van der Waals surface area (Å²) in [7, 11) is 0. The molecule has 1 aliphatic rings. The van der Waals surface area contributed by atoms with Crippen molar-refractivity contribution in [2.24, 2.45) is 4.99 Å². The van der Waals surface area contributed by atoms with Crippen molar-refractivity contribution in [3.05, 3.63) is 78.0 Å². The molecule has 0 amide bonds. The van der Waals surface area contributed by atoms with Crippen molar-refractivity contribution in [3.8, 4) is 11.3 Å². The smallest absolute Gasteiger partial charge is 0.157 e. The van der Waals surface area contributed by atoms with E-state index in [0.29, 0.717) is 0 Å². The number of fused-ring (bicyclic) bond motifs is 2. The molecule has 0 atom stereocenters. The molecule has 1 N–H and O–H groups in total. The average molecular weight is 325 g/mol. The third-order valence-corrected chi connectivity index (χ3v) is 4.46. The lowest BCUT2D eigenvalue weighted by Gasteiger charge is -2.16. The van der Waals surface area contributed by atoms with E-state index in [0.717, 1.165) is 52.4 Å². The number of nitrogens with zero attached hydrogens (tertiary/aromatic N) is 4. The Kier molecular flexibility index (Phi) is 3.16. The summed E-state index contributed by atoms with van der Waals surface area (Å²) in [4.78, 5) is 21.7. The first-order valence-corrected chi connectivity index (χ1v) is 8.28. The highest BCUT2D eigenvalue weighted by molar-refractivity contribution is 6.13. The summed E-state index contributed by atoms with van der Waals surface area (Å²) in [6, 6.07) is 14.1. The van der Waals surface area contributed by atoms with Crippen molar-refractivity contribution in [2.45, 2.75) is 6.42 Å². The van der Waals surface area contributed by atoms with Crippen LogP contribution in [-0.2, 0) is 6.42 Å². The summed E-state index contributed by atoms with van der Waals surface area (Å²) >= 11 is 0. The molecule has 4 heterocycles. The zero-order valence-electron chi connectivity index (χ0n) is 13.5. The van der Waals surface area contributed by atoms with Crippen LogP contribution < -0.4 is 0 Å². The predicted octanol–water partition coefficient (Wildman–Crippen LogP) is 3.41. The minimum Gasteiger partial charge on any atom is -0.337 e. The normalized spacial score (nSPS) is 13.5. The molecule has 5 nitrogen and oxygen atoms in total. The standard InChI is InChI=1S/C20H15N5/c1-2-6-17-16(5-1)24-20(25-17)19-15-10-18(14-4-3-8-21-11-14)23-12-13(15)7-9-22-19/h1-6,8,10-12H,7,9H2,(H,24,25). The van der Waals surface area contributed by atoms with E-state index in [-0.39, 0.29) is 0 Å². The van der Waals surface area contributed by atoms with Gasteiger partial charge < -0.3 is 4.98 Å². The second kappa shape index (κ2) is 5.63. The Balaban J connectivity index is 1.65. The van der Waals surface area contributed by atoms with Crippen LogP contribution in [0.4, 0.5) is 0 Å². The Bertz CT molecular complexity index is 1060. The summed E-state index contributed by atoms with van der Waals surface area (Å²) < 4.78 is 0. The molecule has 4 aromatic rings. The summed E-state index contributed by atoms with van der Waals surface area (Å²) in [6.07, 6.45) is 6.45. The van der Waals surface area contributed by atoms with Crippen molar-refractivity contribution in [1.29, 1.82) is 0 Å². The topological polar surface area (TPSA) is 66.8 Å². The molecule has 0 bridgehead atoms. The fraction of sp³-hybridized carbons (Fsp3) is 0.100. The van der Waals surface area contributed by atoms with Crippen LogP contribution in [0, 0.1) is 0 Å². The lowest BCUT2D eigenvalue weighted by atomic mass is 9.97.